The van der Waals surface area contributed by atoms with Crippen LogP contribution in [0.5, 0.6) is 0 Å². The Bertz CT molecular complexity index is 742. The van der Waals surface area contributed by atoms with Crippen molar-refractivity contribution >= 4 is 29.3 Å². The van der Waals surface area contributed by atoms with Gasteiger partial charge in [0.1, 0.15) is 0 Å². The number of hydrogen-bond donors (Lipinski definition) is 2. The van der Waals surface area contributed by atoms with E-state index < -0.39 is 11.8 Å². The highest BCUT2D eigenvalue weighted by molar-refractivity contribution is 7.98. The van der Waals surface area contributed by atoms with Crippen LogP contribution in [-0.2, 0) is 16.6 Å². The van der Waals surface area contributed by atoms with Gasteiger partial charge in [-0.1, -0.05) is 6.07 Å². The molecule has 1 heterocycles. The Labute approximate surface area is 152 Å². The van der Waals surface area contributed by atoms with Crippen molar-refractivity contribution in [3.05, 3.63) is 48.3 Å². The van der Waals surface area contributed by atoms with Gasteiger partial charge in [-0.3, -0.25) is 14.5 Å². The van der Waals surface area contributed by atoms with E-state index in [1.807, 2.05) is 73.4 Å². The zero-order chi connectivity index (χ0) is 18.4. The highest BCUT2D eigenvalue weighted by atomic mass is 32.2. The van der Waals surface area contributed by atoms with Crippen LogP contribution in [0.25, 0.3) is 0 Å². The van der Waals surface area contributed by atoms with Crippen LogP contribution < -0.4 is 10.6 Å². The smallest absolute Gasteiger partial charge is 0.313 e. The first-order valence-corrected chi connectivity index (χ1v) is 9.15. The summed E-state index contributed by atoms with van der Waals surface area (Å²) in [5.41, 5.74) is 1.68. The van der Waals surface area contributed by atoms with Gasteiger partial charge in [-0.15, -0.1) is 11.8 Å². The number of nitrogens with one attached hydrogen (secondary N) is 2. The summed E-state index contributed by atoms with van der Waals surface area (Å²) in [5, 5.41) is 5.35. The first kappa shape index (κ1) is 19.1. The number of thioether (sulfide) groups is 1. The molecule has 0 saturated heterocycles. The number of likely N-dealkylation sites (N-methyl/N-ethyl adjacent to an activating group) is 1. The lowest BCUT2D eigenvalue weighted by Gasteiger charge is -2.25. The number of carbonyl (C=O) groups is 2. The van der Waals surface area contributed by atoms with Crippen molar-refractivity contribution in [1.29, 1.82) is 0 Å². The van der Waals surface area contributed by atoms with E-state index in [1.54, 1.807) is 17.8 Å². The van der Waals surface area contributed by atoms with Crippen molar-refractivity contribution in [2.24, 2.45) is 7.05 Å². The quantitative estimate of drug-likeness (QED) is 0.612. The molecule has 2 aromatic rings. The lowest BCUT2D eigenvalue weighted by Crippen LogP contribution is -2.40. The molecule has 0 aliphatic rings. The van der Waals surface area contributed by atoms with Crippen molar-refractivity contribution in [3.8, 4) is 0 Å². The van der Waals surface area contributed by atoms with Gasteiger partial charge in [0.2, 0.25) is 0 Å². The molecule has 0 saturated carbocycles. The summed E-state index contributed by atoms with van der Waals surface area (Å²) in [4.78, 5) is 27.3. The molecule has 2 amide bonds. The van der Waals surface area contributed by atoms with Gasteiger partial charge in [0.05, 0.1) is 6.04 Å². The topological polar surface area (TPSA) is 66.4 Å². The van der Waals surface area contributed by atoms with E-state index in [1.165, 1.54) is 0 Å². The Balaban J connectivity index is 1.96. The average Bonchev–Trinajstić information content (AvgIpc) is 3.00. The lowest BCUT2D eigenvalue weighted by molar-refractivity contribution is -0.136. The molecule has 0 aliphatic carbocycles. The Morgan fingerprint density at radius 3 is 2.56 bits per heavy atom. The van der Waals surface area contributed by atoms with Crippen LogP contribution in [0.15, 0.2) is 47.5 Å². The minimum absolute atomic E-state index is 0.0171. The van der Waals surface area contributed by atoms with Crippen molar-refractivity contribution in [3.63, 3.8) is 0 Å². The van der Waals surface area contributed by atoms with Crippen molar-refractivity contribution < 1.29 is 9.59 Å². The number of anilines is 1. The summed E-state index contributed by atoms with van der Waals surface area (Å²) in [6.45, 7) is 0.349. The number of carbonyl (C=O) groups excluding carboxylic acids is 2. The summed E-state index contributed by atoms with van der Waals surface area (Å²) in [6.07, 6.45) is 3.91. The highest BCUT2D eigenvalue weighted by Crippen LogP contribution is 2.19. The van der Waals surface area contributed by atoms with Crippen molar-refractivity contribution in [2.45, 2.75) is 10.9 Å². The van der Waals surface area contributed by atoms with E-state index in [-0.39, 0.29) is 6.04 Å². The molecule has 7 heteroatoms. The van der Waals surface area contributed by atoms with Crippen LogP contribution in [0.2, 0.25) is 0 Å². The fraction of sp³-hybridized carbons (Fsp3) is 0.333. The summed E-state index contributed by atoms with van der Waals surface area (Å²) in [6, 6.07) is 11.3. The number of benzene rings is 1. The number of nitrogens with zero attached hydrogens (tertiary/aromatic N) is 2. The number of rotatable bonds is 6. The van der Waals surface area contributed by atoms with Crippen LogP contribution >= 0.6 is 11.8 Å². The molecule has 0 fully saturated rings. The molecule has 1 unspecified atom stereocenters. The molecule has 6 nitrogen and oxygen atoms in total. The van der Waals surface area contributed by atoms with Crippen LogP contribution in [0.4, 0.5) is 5.69 Å². The van der Waals surface area contributed by atoms with Crippen molar-refractivity contribution in [1.82, 2.24) is 14.8 Å². The lowest BCUT2D eigenvalue weighted by atomic mass is 10.2. The fourth-order valence-electron chi connectivity index (χ4n) is 2.53. The SMILES string of the molecule is CSc1cccc(NC(=O)C(=O)NCC(c2cccn2C)N(C)C)c1. The summed E-state index contributed by atoms with van der Waals surface area (Å²) in [7, 11) is 5.84. The highest BCUT2D eigenvalue weighted by Gasteiger charge is 2.20. The third kappa shape index (κ3) is 5.11. The molecular formula is C18H24N4O2S. The van der Waals surface area contributed by atoms with E-state index in [9.17, 15) is 9.59 Å². The van der Waals surface area contributed by atoms with Crippen LogP contribution in [0.3, 0.4) is 0 Å². The first-order chi connectivity index (χ1) is 11.9. The predicted molar refractivity (Wildman–Crippen MR) is 102 cm³/mol. The molecule has 2 N–H and O–H groups in total. The van der Waals surface area contributed by atoms with Gasteiger partial charge < -0.3 is 15.2 Å². The first-order valence-electron chi connectivity index (χ1n) is 7.93. The minimum atomic E-state index is -0.664. The van der Waals surface area contributed by atoms with Gasteiger partial charge in [0.25, 0.3) is 0 Å². The molecule has 0 aliphatic heterocycles. The van der Waals surface area contributed by atoms with Gasteiger partial charge >= 0.3 is 11.8 Å². The third-order valence-corrected chi connectivity index (χ3v) is 4.66. The maximum atomic E-state index is 12.1. The zero-order valence-corrected chi connectivity index (χ0v) is 15.8. The Morgan fingerprint density at radius 1 is 1.20 bits per heavy atom. The second kappa shape index (κ2) is 8.73. The van der Waals surface area contributed by atoms with Crippen LogP contribution in [0.1, 0.15) is 11.7 Å². The molecule has 134 valence electrons. The third-order valence-electron chi connectivity index (χ3n) is 3.94. The minimum Gasteiger partial charge on any atom is -0.353 e. The van der Waals surface area contributed by atoms with E-state index in [0.29, 0.717) is 12.2 Å². The zero-order valence-electron chi connectivity index (χ0n) is 14.9. The molecule has 2 rings (SSSR count). The van der Waals surface area contributed by atoms with Crippen LogP contribution in [-0.4, -0.2) is 48.2 Å². The number of aromatic nitrogens is 1. The second-order valence-electron chi connectivity index (χ2n) is 5.92. The van der Waals surface area contributed by atoms with E-state index in [2.05, 4.69) is 10.6 Å². The predicted octanol–water partition coefficient (Wildman–Crippen LogP) is 2.10. The Hall–Kier alpha value is -2.25. The summed E-state index contributed by atoms with van der Waals surface area (Å²) < 4.78 is 2.00. The Kier molecular flexibility index (Phi) is 6.66. The van der Waals surface area contributed by atoms with Gasteiger partial charge in [-0.2, -0.15) is 0 Å². The van der Waals surface area contributed by atoms with Gasteiger partial charge in [0, 0.05) is 36.1 Å². The molecule has 0 spiro atoms. The normalized spacial score (nSPS) is 12.0. The largest absolute Gasteiger partial charge is 0.353 e. The van der Waals surface area contributed by atoms with E-state index in [4.69, 9.17) is 0 Å². The molecule has 0 radical (unpaired) electrons. The van der Waals surface area contributed by atoms with E-state index >= 15 is 0 Å². The molecule has 0 bridgehead atoms. The monoisotopic (exact) mass is 360 g/mol. The molecule has 25 heavy (non-hydrogen) atoms. The molecule has 1 aromatic heterocycles. The molecular weight excluding hydrogens is 336 g/mol. The fourth-order valence-corrected chi connectivity index (χ4v) is 2.99. The standard InChI is InChI=1S/C18H24N4O2S/c1-21(2)16(15-9-6-10-22(15)3)12-19-17(23)18(24)20-13-7-5-8-14(11-13)25-4/h5-11,16H,12H2,1-4H3,(H,19,23)(H,20,24). The van der Waals surface area contributed by atoms with Crippen molar-refractivity contribution in [2.75, 3.05) is 32.2 Å². The number of amides is 2. The van der Waals surface area contributed by atoms with Gasteiger partial charge in [0.15, 0.2) is 0 Å². The second-order valence-corrected chi connectivity index (χ2v) is 6.80. The Morgan fingerprint density at radius 2 is 1.96 bits per heavy atom. The maximum absolute atomic E-state index is 12.1. The van der Waals surface area contributed by atoms with E-state index in [0.717, 1.165) is 10.6 Å². The van der Waals surface area contributed by atoms with Crippen LogP contribution in [0, 0.1) is 0 Å². The summed E-state index contributed by atoms with van der Waals surface area (Å²) >= 11 is 1.58. The summed E-state index contributed by atoms with van der Waals surface area (Å²) in [5.74, 6) is -1.31. The van der Waals surface area contributed by atoms with Gasteiger partial charge in [-0.05, 0) is 50.7 Å². The molecule has 1 aromatic carbocycles. The van der Waals surface area contributed by atoms with Gasteiger partial charge in [-0.25, -0.2) is 0 Å². The maximum Gasteiger partial charge on any atom is 0.313 e. The average molecular weight is 360 g/mol. The number of aryl methyl sites for hydroxylation is 1. The number of hydrogen-bond acceptors (Lipinski definition) is 4. The molecule has 1 atom stereocenters.